The van der Waals surface area contributed by atoms with Crippen LogP contribution in [0.25, 0.3) is 10.2 Å². The molecule has 0 unspecified atom stereocenters. The van der Waals surface area contributed by atoms with Crippen LogP contribution in [0.1, 0.15) is 17.4 Å². The number of methoxy groups -OCH3 is 2. The first kappa shape index (κ1) is 24.2. The molecular weight excluding hydrogens is 454 g/mol. The van der Waals surface area contributed by atoms with E-state index in [2.05, 4.69) is 10.00 Å². The largest absolute Gasteiger partial charge is 0.495 e. The number of carbonyl (C=O) groups excluding carboxylic acids is 1. The van der Waals surface area contributed by atoms with Gasteiger partial charge in [0.2, 0.25) is 0 Å². The number of thiazole rings is 1. The van der Waals surface area contributed by atoms with Gasteiger partial charge in [0.15, 0.2) is 10.8 Å². The Morgan fingerprint density at radius 3 is 2.56 bits per heavy atom. The lowest BCUT2D eigenvalue weighted by Gasteiger charge is -2.29. The number of hydrogen-bond donors (Lipinski definition) is 0. The van der Waals surface area contributed by atoms with Crippen molar-refractivity contribution in [3.63, 3.8) is 0 Å². The highest BCUT2D eigenvalue weighted by molar-refractivity contribution is 7.22. The average molecular weight is 482 g/mol. The normalized spacial score (nSPS) is 14.2. The minimum absolute atomic E-state index is 0. The van der Waals surface area contributed by atoms with Gasteiger partial charge in [0, 0.05) is 38.9 Å². The number of carbonyl (C=O) groups is 1. The van der Waals surface area contributed by atoms with Gasteiger partial charge in [-0.1, -0.05) is 11.3 Å². The van der Waals surface area contributed by atoms with Gasteiger partial charge in [0.05, 0.1) is 27.4 Å². The molecule has 32 heavy (non-hydrogen) atoms. The second-order valence-corrected chi connectivity index (χ2v) is 8.09. The Kier molecular flexibility index (Phi) is 8.30. The van der Waals surface area contributed by atoms with Gasteiger partial charge in [-0.05, 0) is 25.1 Å². The third-order valence-corrected chi connectivity index (χ3v) is 6.40. The van der Waals surface area contributed by atoms with Crippen LogP contribution in [0.4, 0.5) is 5.13 Å². The van der Waals surface area contributed by atoms with E-state index in [0.29, 0.717) is 54.1 Å². The third kappa shape index (κ3) is 4.98. The molecule has 3 heterocycles. The quantitative estimate of drug-likeness (QED) is 0.489. The fraction of sp³-hybridized carbons (Fsp3) is 0.476. The van der Waals surface area contributed by atoms with Crippen molar-refractivity contribution in [2.24, 2.45) is 0 Å². The van der Waals surface area contributed by atoms with Gasteiger partial charge in [-0.25, -0.2) is 4.98 Å². The molecule has 1 fully saturated rings. The summed E-state index contributed by atoms with van der Waals surface area (Å²) in [6, 6.07) is 5.43. The summed E-state index contributed by atoms with van der Waals surface area (Å²) in [6.07, 6.45) is 1.82. The van der Waals surface area contributed by atoms with E-state index in [1.54, 1.807) is 29.9 Å². The maximum absolute atomic E-state index is 13.4. The van der Waals surface area contributed by atoms with Gasteiger partial charge in [0.25, 0.3) is 5.91 Å². The highest BCUT2D eigenvalue weighted by atomic mass is 35.5. The summed E-state index contributed by atoms with van der Waals surface area (Å²) in [6.45, 7) is 7.06. The summed E-state index contributed by atoms with van der Waals surface area (Å²) in [7, 11) is 3.23. The van der Waals surface area contributed by atoms with Gasteiger partial charge in [0.1, 0.15) is 21.7 Å². The van der Waals surface area contributed by atoms with Crippen molar-refractivity contribution in [2.45, 2.75) is 13.5 Å². The number of rotatable bonds is 8. The van der Waals surface area contributed by atoms with Crippen LogP contribution in [0.2, 0.25) is 0 Å². The molecule has 1 aliphatic heterocycles. The van der Waals surface area contributed by atoms with E-state index in [1.165, 1.54) is 11.3 Å². The molecule has 0 atom stereocenters. The predicted molar refractivity (Wildman–Crippen MR) is 127 cm³/mol. The lowest BCUT2D eigenvalue weighted by Crippen LogP contribution is -2.43. The summed E-state index contributed by atoms with van der Waals surface area (Å²) in [5, 5.41) is 5.01. The first-order valence-electron chi connectivity index (χ1n) is 10.3. The minimum atomic E-state index is -0.169. The molecule has 1 saturated heterocycles. The topological polar surface area (TPSA) is 82.0 Å². The molecule has 4 rings (SSSR count). The van der Waals surface area contributed by atoms with Crippen molar-refractivity contribution in [2.75, 3.05) is 58.5 Å². The monoisotopic (exact) mass is 481 g/mol. The number of nitrogens with zero attached hydrogens (tertiary/aromatic N) is 5. The molecule has 0 N–H and O–H groups in total. The molecule has 0 spiro atoms. The Morgan fingerprint density at radius 1 is 1.19 bits per heavy atom. The molecule has 2 aromatic heterocycles. The highest BCUT2D eigenvalue weighted by Gasteiger charge is 2.26. The van der Waals surface area contributed by atoms with Gasteiger partial charge in [-0.3, -0.25) is 19.3 Å². The first-order chi connectivity index (χ1) is 15.1. The Morgan fingerprint density at radius 2 is 1.91 bits per heavy atom. The zero-order valence-corrected chi connectivity index (χ0v) is 20.1. The summed E-state index contributed by atoms with van der Waals surface area (Å²) >= 11 is 1.42. The van der Waals surface area contributed by atoms with Gasteiger partial charge >= 0.3 is 0 Å². The lowest BCUT2D eigenvalue weighted by atomic mass is 10.3. The Balaban J connectivity index is 0.00000289. The number of fused-ring (bicyclic) bond motifs is 1. The van der Waals surface area contributed by atoms with E-state index in [4.69, 9.17) is 19.2 Å². The maximum Gasteiger partial charge on any atom is 0.280 e. The van der Waals surface area contributed by atoms with Crippen LogP contribution in [0.3, 0.4) is 0 Å². The number of anilines is 1. The van der Waals surface area contributed by atoms with Crippen LogP contribution in [0.15, 0.2) is 24.4 Å². The summed E-state index contributed by atoms with van der Waals surface area (Å²) in [4.78, 5) is 22.2. The molecule has 174 valence electrons. The molecule has 0 bridgehead atoms. The number of aryl methyl sites for hydroxylation is 1. The van der Waals surface area contributed by atoms with E-state index >= 15 is 0 Å². The van der Waals surface area contributed by atoms with Crippen LogP contribution in [0.5, 0.6) is 11.5 Å². The average Bonchev–Trinajstić information content (AvgIpc) is 3.47. The SMILES string of the molecule is CCn1ccc(C(=O)N(CCN2CCOCC2)c2nc3c(OC)ccc(OC)c3s2)n1.Cl. The molecule has 1 amide bonds. The predicted octanol–water partition coefficient (Wildman–Crippen LogP) is 2.93. The standard InChI is InChI=1S/C21H27N5O4S.ClH/c1-4-25-8-7-15(23-25)20(27)26(10-9-24-11-13-30-14-12-24)21-22-18-16(28-2)5-6-17(29-3)19(18)31-21;/h5-8H,4,9-14H2,1-3H3;1H. The zero-order valence-electron chi connectivity index (χ0n) is 18.4. The lowest BCUT2D eigenvalue weighted by molar-refractivity contribution is 0.0391. The van der Waals surface area contributed by atoms with E-state index < -0.39 is 0 Å². The second kappa shape index (κ2) is 11.0. The maximum atomic E-state index is 13.4. The minimum Gasteiger partial charge on any atom is -0.495 e. The van der Waals surface area contributed by atoms with Crippen LogP contribution in [-0.2, 0) is 11.3 Å². The van der Waals surface area contributed by atoms with E-state index in [9.17, 15) is 4.79 Å². The first-order valence-corrected chi connectivity index (χ1v) is 11.1. The fourth-order valence-corrected chi connectivity index (χ4v) is 4.63. The van der Waals surface area contributed by atoms with Crippen LogP contribution in [-0.4, -0.2) is 79.2 Å². The van der Waals surface area contributed by atoms with Crippen molar-refractivity contribution in [3.8, 4) is 11.5 Å². The number of amides is 1. The number of morpholine rings is 1. The molecule has 0 aliphatic carbocycles. The number of hydrogen-bond acceptors (Lipinski definition) is 8. The second-order valence-electron chi connectivity index (χ2n) is 7.11. The van der Waals surface area contributed by atoms with Crippen molar-refractivity contribution in [3.05, 3.63) is 30.1 Å². The molecule has 1 aliphatic rings. The van der Waals surface area contributed by atoms with Crippen LogP contribution < -0.4 is 14.4 Å². The molecule has 0 radical (unpaired) electrons. The fourth-order valence-electron chi connectivity index (χ4n) is 3.53. The van der Waals surface area contributed by atoms with E-state index in [-0.39, 0.29) is 18.3 Å². The highest BCUT2D eigenvalue weighted by Crippen LogP contribution is 2.40. The Bertz CT molecular complexity index is 1010. The smallest absolute Gasteiger partial charge is 0.280 e. The van der Waals surface area contributed by atoms with Crippen molar-refractivity contribution >= 4 is 45.0 Å². The summed E-state index contributed by atoms with van der Waals surface area (Å²) < 4.78 is 19.0. The molecular formula is C21H28ClN5O4S. The van der Waals surface area contributed by atoms with Crippen molar-refractivity contribution in [1.29, 1.82) is 0 Å². The van der Waals surface area contributed by atoms with Gasteiger partial charge < -0.3 is 14.2 Å². The Labute approximate surface area is 197 Å². The van der Waals surface area contributed by atoms with E-state index in [0.717, 1.165) is 24.3 Å². The number of aromatic nitrogens is 3. The van der Waals surface area contributed by atoms with Gasteiger partial charge in [-0.15, -0.1) is 12.4 Å². The molecule has 11 heteroatoms. The number of benzene rings is 1. The third-order valence-electron chi connectivity index (χ3n) is 5.30. The van der Waals surface area contributed by atoms with E-state index in [1.807, 2.05) is 25.3 Å². The van der Waals surface area contributed by atoms with Crippen molar-refractivity contribution in [1.82, 2.24) is 19.7 Å². The summed E-state index contributed by atoms with van der Waals surface area (Å²) in [5.74, 6) is 1.18. The number of ether oxygens (including phenoxy) is 3. The van der Waals surface area contributed by atoms with Gasteiger partial charge in [-0.2, -0.15) is 5.10 Å². The zero-order chi connectivity index (χ0) is 21.8. The Hall–Kier alpha value is -2.40. The van der Waals surface area contributed by atoms with Crippen molar-refractivity contribution < 1.29 is 19.0 Å². The van der Waals surface area contributed by atoms with Crippen LogP contribution >= 0.6 is 23.7 Å². The number of halogens is 1. The molecule has 3 aromatic rings. The summed E-state index contributed by atoms with van der Waals surface area (Å²) in [5.41, 5.74) is 1.09. The molecule has 1 aromatic carbocycles. The molecule has 0 saturated carbocycles. The van der Waals surface area contributed by atoms with Crippen LogP contribution in [0, 0.1) is 0 Å². The molecule has 9 nitrogen and oxygen atoms in total.